The fourth-order valence-corrected chi connectivity index (χ4v) is 4.08. The van der Waals surface area contributed by atoms with E-state index in [-0.39, 0.29) is 23.0 Å². The average molecular weight is 326 g/mol. The average Bonchev–Trinajstić information content (AvgIpc) is 2.53. The van der Waals surface area contributed by atoms with E-state index in [1.807, 2.05) is 6.92 Å². The first-order chi connectivity index (χ1) is 10.5. The van der Waals surface area contributed by atoms with E-state index in [0.29, 0.717) is 32.6 Å². The van der Waals surface area contributed by atoms with Crippen molar-refractivity contribution in [2.45, 2.75) is 19.8 Å². The number of hydrogen-bond acceptors (Lipinski definition) is 4. The summed E-state index contributed by atoms with van der Waals surface area (Å²) in [6, 6.07) is 6.39. The van der Waals surface area contributed by atoms with Gasteiger partial charge in [0.2, 0.25) is 10.0 Å². The van der Waals surface area contributed by atoms with Crippen molar-refractivity contribution >= 4 is 15.9 Å². The molecule has 1 amide bonds. The summed E-state index contributed by atoms with van der Waals surface area (Å²) < 4.78 is 25.7. The van der Waals surface area contributed by atoms with Gasteiger partial charge in [-0.05, 0) is 18.6 Å². The minimum Gasteiger partial charge on any atom is -0.507 e. The van der Waals surface area contributed by atoms with Crippen LogP contribution >= 0.6 is 0 Å². The molecule has 0 aromatic heterocycles. The number of amides is 1. The molecular weight excluding hydrogens is 304 g/mol. The summed E-state index contributed by atoms with van der Waals surface area (Å²) in [7, 11) is -3.22. The predicted molar refractivity (Wildman–Crippen MR) is 84.3 cm³/mol. The van der Waals surface area contributed by atoms with Gasteiger partial charge in [-0.1, -0.05) is 25.5 Å². The molecule has 0 radical (unpaired) electrons. The van der Waals surface area contributed by atoms with Crippen LogP contribution < -0.4 is 0 Å². The fourth-order valence-electron chi connectivity index (χ4n) is 2.45. The van der Waals surface area contributed by atoms with Crippen LogP contribution in [0, 0.1) is 0 Å². The highest BCUT2D eigenvalue weighted by Crippen LogP contribution is 2.19. The number of phenolic OH excluding ortho intramolecular Hbond substituents is 1. The Kier molecular flexibility index (Phi) is 5.42. The number of unbranched alkanes of at least 4 members (excludes halogenated alkanes) is 1. The lowest BCUT2D eigenvalue weighted by Gasteiger charge is -2.34. The molecule has 1 aromatic carbocycles. The fraction of sp³-hybridized carbons (Fsp3) is 0.533. The van der Waals surface area contributed by atoms with Crippen LogP contribution in [0.4, 0.5) is 0 Å². The number of aromatic hydroxyl groups is 1. The molecule has 2 rings (SSSR count). The van der Waals surface area contributed by atoms with Crippen molar-refractivity contribution in [1.82, 2.24) is 9.21 Å². The van der Waals surface area contributed by atoms with Gasteiger partial charge in [-0.2, -0.15) is 4.31 Å². The number of rotatable bonds is 5. The van der Waals surface area contributed by atoms with Crippen LogP contribution in [0.15, 0.2) is 24.3 Å². The van der Waals surface area contributed by atoms with Crippen molar-refractivity contribution in [3.8, 4) is 5.75 Å². The molecule has 1 N–H and O–H groups in total. The Morgan fingerprint density at radius 2 is 1.82 bits per heavy atom. The maximum atomic E-state index is 12.3. The molecule has 0 saturated carbocycles. The Bertz CT molecular complexity index is 622. The molecule has 0 bridgehead atoms. The third-order valence-electron chi connectivity index (χ3n) is 3.81. The number of carbonyl (C=O) groups excluding carboxylic acids is 1. The van der Waals surface area contributed by atoms with Gasteiger partial charge in [0.1, 0.15) is 5.75 Å². The molecule has 1 aliphatic heterocycles. The molecule has 1 fully saturated rings. The van der Waals surface area contributed by atoms with Crippen LogP contribution in [-0.2, 0) is 10.0 Å². The quantitative estimate of drug-likeness (QED) is 0.884. The highest BCUT2D eigenvalue weighted by molar-refractivity contribution is 7.89. The van der Waals surface area contributed by atoms with Crippen LogP contribution in [0.3, 0.4) is 0 Å². The third kappa shape index (κ3) is 3.78. The Morgan fingerprint density at radius 3 is 2.41 bits per heavy atom. The topological polar surface area (TPSA) is 77.9 Å². The first-order valence-corrected chi connectivity index (χ1v) is 9.11. The number of hydrogen-bond donors (Lipinski definition) is 1. The monoisotopic (exact) mass is 326 g/mol. The zero-order valence-corrected chi connectivity index (χ0v) is 13.6. The van der Waals surface area contributed by atoms with Crippen molar-refractivity contribution in [2.75, 3.05) is 31.9 Å². The van der Waals surface area contributed by atoms with Gasteiger partial charge in [0, 0.05) is 26.2 Å². The van der Waals surface area contributed by atoms with E-state index in [4.69, 9.17) is 0 Å². The summed E-state index contributed by atoms with van der Waals surface area (Å²) >= 11 is 0. The van der Waals surface area contributed by atoms with E-state index in [0.717, 1.165) is 6.42 Å². The van der Waals surface area contributed by atoms with E-state index in [1.165, 1.54) is 10.4 Å². The van der Waals surface area contributed by atoms with Crippen molar-refractivity contribution in [2.24, 2.45) is 0 Å². The lowest BCUT2D eigenvalue weighted by atomic mass is 10.1. The minimum atomic E-state index is -3.22. The molecule has 1 heterocycles. The molecular formula is C15H22N2O4S. The zero-order valence-electron chi connectivity index (χ0n) is 12.7. The third-order valence-corrected chi connectivity index (χ3v) is 5.77. The summed E-state index contributed by atoms with van der Waals surface area (Å²) in [5, 5.41) is 9.74. The van der Waals surface area contributed by atoms with E-state index in [9.17, 15) is 18.3 Å². The molecule has 1 saturated heterocycles. The standard InChI is InChI=1S/C15H22N2O4S/c1-2-3-12-22(20,21)17-10-8-16(9-11-17)15(19)13-6-4-5-7-14(13)18/h4-7,18H,2-3,8-12H2,1H3. The van der Waals surface area contributed by atoms with Crippen LogP contribution in [0.25, 0.3) is 0 Å². The highest BCUT2D eigenvalue weighted by Gasteiger charge is 2.29. The van der Waals surface area contributed by atoms with Gasteiger partial charge >= 0.3 is 0 Å². The van der Waals surface area contributed by atoms with Gasteiger partial charge in [0.25, 0.3) is 5.91 Å². The van der Waals surface area contributed by atoms with Crippen molar-refractivity contribution in [1.29, 1.82) is 0 Å². The van der Waals surface area contributed by atoms with Gasteiger partial charge in [0.05, 0.1) is 11.3 Å². The number of carbonyl (C=O) groups is 1. The second kappa shape index (κ2) is 7.11. The van der Waals surface area contributed by atoms with E-state index < -0.39 is 10.0 Å². The molecule has 122 valence electrons. The number of phenols is 1. The van der Waals surface area contributed by atoms with E-state index in [1.54, 1.807) is 23.1 Å². The number of benzene rings is 1. The molecule has 0 atom stereocenters. The summed E-state index contributed by atoms with van der Waals surface area (Å²) in [6.45, 7) is 3.27. The summed E-state index contributed by atoms with van der Waals surface area (Å²) in [4.78, 5) is 13.9. The maximum Gasteiger partial charge on any atom is 0.257 e. The Hall–Kier alpha value is -1.60. The summed E-state index contributed by atoms with van der Waals surface area (Å²) in [5.41, 5.74) is 0.254. The SMILES string of the molecule is CCCCS(=O)(=O)N1CCN(C(=O)c2ccccc2O)CC1. The van der Waals surface area contributed by atoms with Crippen LogP contribution in [0.1, 0.15) is 30.1 Å². The normalized spacial score (nSPS) is 16.7. The first kappa shape index (κ1) is 16.8. The second-order valence-corrected chi connectivity index (χ2v) is 7.47. The number of nitrogens with zero attached hydrogens (tertiary/aromatic N) is 2. The Morgan fingerprint density at radius 1 is 1.18 bits per heavy atom. The largest absolute Gasteiger partial charge is 0.507 e. The van der Waals surface area contributed by atoms with E-state index in [2.05, 4.69) is 0 Å². The minimum absolute atomic E-state index is 0.0505. The molecule has 0 aliphatic carbocycles. The predicted octanol–water partition coefficient (Wildman–Crippen LogP) is 1.28. The highest BCUT2D eigenvalue weighted by atomic mass is 32.2. The van der Waals surface area contributed by atoms with Crippen molar-refractivity contribution < 1.29 is 18.3 Å². The molecule has 1 aromatic rings. The van der Waals surface area contributed by atoms with Crippen LogP contribution in [0.2, 0.25) is 0 Å². The number of piperazine rings is 1. The molecule has 0 spiro atoms. The van der Waals surface area contributed by atoms with Crippen molar-refractivity contribution in [3.05, 3.63) is 29.8 Å². The smallest absolute Gasteiger partial charge is 0.257 e. The number of para-hydroxylation sites is 1. The summed E-state index contributed by atoms with van der Waals surface area (Å²) in [5.74, 6) is -0.147. The van der Waals surface area contributed by atoms with Crippen LogP contribution in [0.5, 0.6) is 5.75 Å². The lowest BCUT2D eigenvalue weighted by molar-refractivity contribution is 0.0695. The molecule has 1 aliphatic rings. The molecule has 0 unspecified atom stereocenters. The molecule has 6 nitrogen and oxygen atoms in total. The van der Waals surface area contributed by atoms with Crippen molar-refractivity contribution in [3.63, 3.8) is 0 Å². The van der Waals surface area contributed by atoms with Gasteiger partial charge in [-0.25, -0.2) is 8.42 Å². The molecule has 7 heteroatoms. The van der Waals surface area contributed by atoms with Gasteiger partial charge in [-0.15, -0.1) is 0 Å². The summed E-state index contributed by atoms with van der Waals surface area (Å²) in [6.07, 6.45) is 1.49. The van der Waals surface area contributed by atoms with E-state index >= 15 is 0 Å². The van der Waals surface area contributed by atoms with Gasteiger partial charge in [0.15, 0.2) is 0 Å². The lowest BCUT2D eigenvalue weighted by Crippen LogP contribution is -2.51. The maximum absolute atomic E-state index is 12.3. The zero-order chi connectivity index (χ0) is 16.2. The second-order valence-electron chi connectivity index (χ2n) is 5.38. The first-order valence-electron chi connectivity index (χ1n) is 7.51. The number of sulfonamides is 1. The Labute approximate surface area is 131 Å². The molecule has 22 heavy (non-hydrogen) atoms. The van der Waals surface area contributed by atoms with Crippen LogP contribution in [-0.4, -0.2) is 60.6 Å². The van der Waals surface area contributed by atoms with Gasteiger partial charge < -0.3 is 10.0 Å². The van der Waals surface area contributed by atoms with Gasteiger partial charge in [-0.3, -0.25) is 4.79 Å². The Balaban J connectivity index is 1.98.